The zero-order chi connectivity index (χ0) is 22.4. The highest BCUT2D eigenvalue weighted by molar-refractivity contribution is 6.31. The Morgan fingerprint density at radius 3 is 1.93 bits per heavy atom. The maximum atomic E-state index is 13.2. The van der Waals surface area contributed by atoms with Crippen molar-refractivity contribution >= 4 is 29.4 Å². The Bertz CT molecular complexity index is 1010. The van der Waals surface area contributed by atoms with Gasteiger partial charge in [-0.05, 0) is 12.1 Å². The molecule has 0 fully saturated rings. The minimum atomic E-state index is -5.24. The molecule has 0 atom stereocenters. The largest absolute Gasteiger partial charge is 0.433 e. The number of halogens is 10. The van der Waals surface area contributed by atoms with Gasteiger partial charge >= 0.3 is 18.5 Å². The fourth-order valence-corrected chi connectivity index (χ4v) is 2.42. The fourth-order valence-electron chi connectivity index (χ4n) is 2.15. The average Bonchev–Trinajstić information content (AvgIpc) is 2.53. The summed E-state index contributed by atoms with van der Waals surface area (Å²) < 4.78 is 118. The topological polar surface area (TPSA) is 46.9 Å². The van der Waals surface area contributed by atoms with Gasteiger partial charge < -0.3 is 5.32 Å². The SMILES string of the molecule is C=Cn1c(Nc2cc(C(F)(F)F)c(Cl)cc2C(F)(F)F)nc(C(F)(F)F)cc1=O. The zero-order valence-corrected chi connectivity index (χ0v) is 14.4. The number of benzene rings is 1. The van der Waals surface area contributed by atoms with Gasteiger partial charge in [0, 0.05) is 12.3 Å². The van der Waals surface area contributed by atoms with Crippen LogP contribution in [0.5, 0.6) is 0 Å². The van der Waals surface area contributed by atoms with Crippen LogP contribution in [0.15, 0.2) is 29.6 Å². The van der Waals surface area contributed by atoms with Crippen LogP contribution in [0.2, 0.25) is 5.02 Å². The van der Waals surface area contributed by atoms with Gasteiger partial charge in [0.25, 0.3) is 5.56 Å². The number of nitrogens with one attached hydrogen (secondary N) is 1. The summed E-state index contributed by atoms with van der Waals surface area (Å²) in [6.07, 6.45) is -14.9. The van der Waals surface area contributed by atoms with Gasteiger partial charge in [-0.1, -0.05) is 18.2 Å². The highest BCUT2D eigenvalue weighted by Gasteiger charge is 2.40. The molecule has 14 heteroatoms. The van der Waals surface area contributed by atoms with Gasteiger partial charge in [-0.3, -0.25) is 9.36 Å². The first-order valence-corrected chi connectivity index (χ1v) is 7.51. The van der Waals surface area contributed by atoms with E-state index in [-0.39, 0.29) is 22.8 Å². The summed E-state index contributed by atoms with van der Waals surface area (Å²) in [7, 11) is 0. The predicted octanol–water partition coefficient (Wildman–Crippen LogP) is 5.80. The van der Waals surface area contributed by atoms with Gasteiger partial charge in [-0.25, -0.2) is 4.98 Å². The van der Waals surface area contributed by atoms with Crippen LogP contribution < -0.4 is 10.9 Å². The molecule has 0 radical (unpaired) electrons. The van der Waals surface area contributed by atoms with Crippen molar-refractivity contribution in [3.8, 4) is 0 Å². The maximum absolute atomic E-state index is 13.2. The molecule has 2 rings (SSSR count). The number of rotatable bonds is 3. The molecule has 0 unspecified atom stereocenters. The quantitative estimate of drug-likeness (QED) is 0.600. The van der Waals surface area contributed by atoms with E-state index in [1.807, 2.05) is 0 Å². The minimum Gasteiger partial charge on any atom is -0.325 e. The first-order valence-electron chi connectivity index (χ1n) is 7.14. The van der Waals surface area contributed by atoms with Gasteiger partial charge in [0.15, 0.2) is 5.69 Å². The third-order valence-corrected chi connectivity index (χ3v) is 3.70. The van der Waals surface area contributed by atoms with Crippen LogP contribution in [0.3, 0.4) is 0 Å². The summed E-state index contributed by atoms with van der Waals surface area (Å²) in [5, 5.41) is 0.410. The Labute approximate surface area is 160 Å². The molecular formula is C15H7ClF9N3O. The van der Waals surface area contributed by atoms with Crippen molar-refractivity contribution in [1.29, 1.82) is 0 Å². The number of aromatic nitrogens is 2. The van der Waals surface area contributed by atoms with Crippen LogP contribution in [0.25, 0.3) is 6.20 Å². The normalized spacial score (nSPS) is 12.8. The molecule has 1 heterocycles. The van der Waals surface area contributed by atoms with Crippen molar-refractivity contribution in [2.24, 2.45) is 0 Å². The van der Waals surface area contributed by atoms with Crippen molar-refractivity contribution in [2.45, 2.75) is 18.5 Å². The number of alkyl halides is 9. The van der Waals surface area contributed by atoms with Crippen molar-refractivity contribution < 1.29 is 39.5 Å². The highest BCUT2D eigenvalue weighted by Crippen LogP contribution is 2.43. The lowest BCUT2D eigenvalue weighted by Gasteiger charge is -2.19. The molecule has 0 bridgehead atoms. The molecule has 1 N–H and O–H groups in total. The van der Waals surface area contributed by atoms with Gasteiger partial charge in [-0.15, -0.1) is 0 Å². The lowest BCUT2D eigenvalue weighted by molar-refractivity contribution is -0.141. The first kappa shape index (κ1) is 22.6. The van der Waals surface area contributed by atoms with E-state index < -0.39 is 57.6 Å². The van der Waals surface area contributed by atoms with E-state index in [0.29, 0.717) is 6.20 Å². The standard InChI is InChI=1S/C15H7ClF9N3O/c1-2-28-11(29)5-10(15(23,24)25)27-12(28)26-9-4-6(13(17,18)19)8(16)3-7(9)14(20,21)22/h2-5H,1H2,(H,26,27). The minimum absolute atomic E-state index is 0.0422. The second-order valence-electron chi connectivity index (χ2n) is 5.35. The number of nitrogens with zero attached hydrogens (tertiary/aromatic N) is 2. The van der Waals surface area contributed by atoms with Gasteiger partial charge in [-0.2, -0.15) is 39.5 Å². The smallest absolute Gasteiger partial charge is 0.325 e. The summed E-state index contributed by atoms with van der Waals surface area (Å²) >= 11 is 5.28. The second-order valence-corrected chi connectivity index (χ2v) is 5.76. The summed E-state index contributed by atoms with van der Waals surface area (Å²) in [5.74, 6) is -1.14. The van der Waals surface area contributed by atoms with Crippen LogP contribution in [0, 0.1) is 0 Å². The number of anilines is 2. The summed E-state index contributed by atoms with van der Waals surface area (Å²) in [6, 6.07) is -0.0534. The van der Waals surface area contributed by atoms with E-state index in [0.717, 1.165) is 0 Å². The van der Waals surface area contributed by atoms with Gasteiger partial charge in [0.05, 0.1) is 21.8 Å². The molecule has 0 aliphatic heterocycles. The Morgan fingerprint density at radius 1 is 0.931 bits per heavy atom. The molecule has 0 saturated heterocycles. The second kappa shape index (κ2) is 7.28. The Balaban J connectivity index is 2.78. The van der Waals surface area contributed by atoms with Crippen molar-refractivity contribution in [3.05, 3.63) is 57.0 Å². The van der Waals surface area contributed by atoms with E-state index in [2.05, 4.69) is 11.6 Å². The summed E-state index contributed by atoms with van der Waals surface area (Å²) in [5.41, 5.74) is -7.90. The molecule has 0 aliphatic rings. The number of hydrogen-bond donors (Lipinski definition) is 1. The molecule has 0 saturated carbocycles. The molecule has 4 nitrogen and oxygen atoms in total. The van der Waals surface area contributed by atoms with Crippen LogP contribution in [-0.2, 0) is 18.5 Å². The Morgan fingerprint density at radius 2 is 1.48 bits per heavy atom. The predicted molar refractivity (Wildman–Crippen MR) is 84.6 cm³/mol. The lowest BCUT2D eigenvalue weighted by Crippen LogP contribution is -2.24. The van der Waals surface area contributed by atoms with Gasteiger partial charge in [0.2, 0.25) is 5.95 Å². The van der Waals surface area contributed by atoms with Crippen LogP contribution in [-0.4, -0.2) is 9.55 Å². The Hall–Kier alpha value is -2.70. The van der Waals surface area contributed by atoms with Crippen molar-refractivity contribution in [1.82, 2.24) is 9.55 Å². The molecule has 158 valence electrons. The van der Waals surface area contributed by atoms with Crippen LogP contribution >= 0.6 is 11.6 Å². The highest BCUT2D eigenvalue weighted by atomic mass is 35.5. The van der Waals surface area contributed by atoms with Crippen LogP contribution in [0.4, 0.5) is 51.1 Å². The summed E-state index contributed by atoms with van der Waals surface area (Å²) in [4.78, 5) is 14.8. The third-order valence-electron chi connectivity index (χ3n) is 3.39. The van der Waals surface area contributed by atoms with Gasteiger partial charge in [0.1, 0.15) is 0 Å². The molecule has 1 aromatic heterocycles. The van der Waals surface area contributed by atoms with E-state index in [4.69, 9.17) is 11.6 Å². The monoisotopic (exact) mass is 451 g/mol. The summed E-state index contributed by atoms with van der Waals surface area (Å²) in [6.45, 7) is 3.11. The maximum Gasteiger partial charge on any atom is 0.433 e. The van der Waals surface area contributed by atoms with Crippen LogP contribution in [0.1, 0.15) is 16.8 Å². The average molecular weight is 452 g/mol. The Kier molecular flexibility index (Phi) is 5.67. The molecule has 29 heavy (non-hydrogen) atoms. The molecule has 0 spiro atoms. The fraction of sp³-hybridized carbons (Fsp3) is 0.200. The zero-order valence-electron chi connectivity index (χ0n) is 13.6. The van der Waals surface area contributed by atoms with E-state index in [1.165, 1.54) is 0 Å². The first-order chi connectivity index (χ1) is 13.1. The lowest BCUT2D eigenvalue weighted by atomic mass is 10.1. The molecule has 0 aliphatic carbocycles. The molecule has 1 aromatic carbocycles. The van der Waals surface area contributed by atoms with E-state index >= 15 is 0 Å². The molecule has 2 aromatic rings. The molecule has 0 amide bonds. The number of hydrogen-bond acceptors (Lipinski definition) is 3. The third kappa shape index (κ3) is 4.83. The van der Waals surface area contributed by atoms with E-state index in [1.54, 1.807) is 5.32 Å². The van der Waals surface area contributed by atoms with Crippen molar-refractivity contribution in [2.75, 3.05) is 5.32 Å². The molecular weight excluding hydrogens is 445 g/mol. The van der Waals surface area contributed by atoms with Crippen molar-refractivity contribution in [3.63, 3.8) is 0 Å². The van der Waals surface area contributed by atoms with E-state index in [9.17, 15) is 44.3 Å².